The van der Waals surface area contributed by atoms with E-state index in [1.165, 1.54) is 10.4 Å². The first-order valence-corrected chi connectivity index (χ1v) is 9.14. The first-order valence-electron chi connectivity index (χ1n) is 7.32. The van der Waals surface area contributed by atoms with Gasteiger partial charge in [-0.3, -0.25) is 0 Å². The maximum absolute atomic E-state index is 12.7. The van der Waals surface area contributed by atoms with E-state index in [1.807, 2.05) is 24.8 Å². The molecule has 1 aromatic carbocycles. The van der Waals surface area contributed by atoms with Gasteiger partial charge in [-0.2, -0.15) is 4.31 Å². The number of hydrogen-bond donors (Lipinski definition) is 0. The summed E-state index contributed by atoms with van der Waals surface area (Å²) in [4.78, 5) is 2.25. The molecular weight excluding hydrogens is 338 g/mol. The highest BCUT2D eigenvalue weighted by Crippen LogP contribution is 2.24. The molecular formula is C15H18ClN3O3S. The number of sulfonamides is 1. The number of aromatic nitrogens is 1. The Labute approximate surface area is 140 Å². The molecule has 0 unspecified atom stereocenters. The summed E-state index contributed by atoms with van der Waals surface area (Å²) in [6.45, 7) is 5.63. The fourth-order valence-electron chi connectivity index (χ4n) is 2.54. The van der Waals surface area contributed by atoms with Gasteiger partial charge in [0.05, 0.1) is 4.90 Å². The highest BCUT2D eigenvalue weighted by molar-refractivity contribution is 7.89. The second-order valence-electron chi connectivity index (χ2n) is 5.60. The van der Waals surface area contributed by atoms with Crippen LogP contribution in [0.1, 0.15) is 11.3 Å². The standard InChI is InChI=1S/C15H18ClN3O3S/c1-11-3-4-13(10-14(11)16)23(20,21)19-7-5-18(6-8-19)15-9-12(2)22-17-15/h3-4,9-10H,5-8H2,1-2H3. The Bertz CT molecular complexity index is 811. The number of benzene rings is 1. The summed E-state index contributed by atoms with van der Waals surface area (Å²) in [5, 5.41) is 4.43. The molecule has 0 amide bonds. The largest absolute Gasteiger partial charge is 0.360 e. The monoisotopic (exact) mass is 355 g/mol. The minimum atomic E-state index is -3.52. The van der Waals surface area contributed by atoms with Gasteiger partial charge < -0.3 is 9.42 Å². The van der Waals surface area contributed by atoms with E-state index < -0.39 is 10.0 Å². The fourth-order valence-corrected chi connectivity index (χ4v) is 4.24. The van der Waals surface area contributed by atoms with Gasteiger partial charge in [-0.25, -0.2) is 8.42 Å². The van der Waals surface area contributed by atoms with Crippen molar-refractivity contribution in [2.75, 3.05) is 31.1 Å². The van der Waals surface area contributed by atoms with Gasteiger partial charge in [-0.05, 0) is 31.5 Å². The minimum absolute atomic E-state index is 0.235. The van der Waals surface area contributed by atoms with Crippen molar-refractivity contribution in [2.24, 2.45) is 0 Å². The fraction of sp³-hybridized carbons (Fsp3) is 0.400. The van der Waals surface area contributed by atoms with Crippen LogP contribution >= 0.6 is 11.6 Å². The van der Waals surface area contributed by atoms with Gasteiger partial charge in [0.25, 0.3) is 0 Å². The van der Waals surface area contributed by atoms with Gasteiger partial charge in [0.15, 0.2) is 5.82 Å². The maximum atomic E-state index is 12.7. The molecule has 1 aromatic heterocycles. The molecule has 1 aliphatic heterocycles. The summed E-state index contributed by atoms with van der Waals surface area (Å²) in [6.07, 6.45) is 0. The highest BCUT2D eigenvalue weighted by atomic mass is 35.5. The lowest BCUT2D eigenvalue weighted by atomic mass is 10.2. The Morgan fingerprint density at radius 2 is 1.83 bits per heavy atom. The minimum Gasteiger partial charge on any atom is -0.360 e. The Kier molecular flexibility index (Phi) is 4.35. The molecule has 0 saturated carbocycles. The average molecular weight is 356 g/mol. The van der Waals surface area contributed by atoms with E-state index in [4.69, 9.17) is 16.1 Å². The maximum Gasteiger partial charge on any atom is 0.243 e. The SMILES string of the molecule is Cc1cc(N2CCN(S(=O)(=O)c3ccc(C)c(Cl)c3)CC2)no1. The van der Waals surface area contributed by atoms with Crippen molar-refractivity contribution in [1.29, 1.82) is 0 Å². The number of nitrogens with zero attached hydrogens (tertiary/aromatic N) is 3. The first kappa shape index (κ1) is 16.3. The van der Waals surface area contributed by atoms with Crippen molar-refractivity contribution in [3.8, 4) is 0 Å². The molecule has 23 heavy (non-hydrogen) atoms. The molecule has 124 valence electrons. The van der Waals surface area contributed by atoms with Crippen LogP contribution in [-0.4, -0.2) is 44.1 Å². The van der Waals surface area contributed by atoms with Crippen LogP contribution in [0.4, 0.5) is 5.82 Å². The summed E-state index contributed by atoms with van der Waals surface area (Å²) in [6, 6.07) is 6.69. The summed E-state index contributed by atoms with van der Waals surface area (Å²) >= 11 is 6.05. The van der Waals surface area contributed by atoms with Gasteiger partial charge in [0, 0.05) is 37.3 Å². The van der Waals surface area contributed by atoms with Crippen molar-refractivity contribution in [3.63, 3.8) is 0 Å². The van der Waals surface area contributed by atoms with Gasteiger partial charge in [0.1, 0.15) is 5.76 Å². The Balaban J connectivity index is 1.74. The summed E-state index contributed by atoms with van der Waals surface area (Å²) in [7, 11) is -3.52. The average Bonchev–Trinajstić information content (AvgIpc) is 2.96. The predicted octanol–water partition coefficient (Wildman–Crippen LogP) is 2.46. The van der Waals surface area contributed by atoms with E-state index in [2.05, 4.69) is 5.16 Å². The number of rotatable bonds is 3. The van der Waals surface area contributed by atoms with Crippen molar-refractivity contribution >= 4 is 27.4 Å². The number of anilines is 1. The lowest BCUT2D eigenvalue weighted by Gasteiger charge is -2.33. The van der Waals surface area contributed by atoms with Gasteiger partial charge in [-0.15, -0.1) is 0 Å². The number of piperazine rings is 1. The summed E-state index contributed by atoms with van der Waals surface area (Å²) in [5.74, 6) is 1.49. The summed E-state index contributed by atoms with van der Waals surface area (Å²) < 4.78 is 32.0. The zero-order valence-electron chi connectivity index (χ0n) is 13.0. The van der Waals surface area contributed by atoms with Crippen molar-refractivity contribution in [2.45, 2.75) is 18.7 Å². The zero-order chi connectivity index (χ0) is 16.6. The van der Waals surface area contributed by atoms with Crippen molar-refractivity contribution in [1.82, 2.24) is 9.46 Å². The molecule has 0 aliphatic carbocycles. The quantitative estimate of drug-likeness (QED) is 0.846. The predicted molar refractivity (Wildman–Crippen MR) is 88.4 cm³/mol. The Morgan fingerprint density at radius 1 is 1.13 bits per heavy atom. The lowest BCUT2D eigenvalue weighted by Crippen LogP contribution is -2.48. The topological polar surface area (TPSA) is 66.7 Å². The lowest BCUT2D eigenvalue weighted by molar-refractivity contribution is 0.371. The van der Waals surface area contributed by atoms with Crippen LogP contribution in [0, 0.1) is 13.8 Å². The van der Waals surface area contributed by atoms with Crippen LogP contribution in [0.25, 0.3) is 0 Å². The molecule has 1 fully saturated rings. The van der Waals surface area contributed by atoms with Crippen molar-refractivity contribution in [3.05, 3.63) is 40.6 Å². The van der Waals surface area contributed by atoms with E-state index >= 15 is 0 Å². The number of hydrogen-bond acceptors (Lipinski definition) is 5. The molecule has 0 radical (unpaired) electrons. The molecule has 1 saturated heterocycles. The van der Waals surface area contributed by atoms with Crippen LogP contribution in [0.3, 0.4) is 0 Å². The first-order chi connectivity index (χ1) is 10.9. The Morgan fingerprint density at radius 3 is 2.39 bits per heavy atom. The zero-order valence-corrected chi connectivity index (χ0v) is 14.6. The smallest absolute Gasteiger partial charge is 0.243 e. The molecule has 0 atom stereocenters. The molecule has 0 bridgehead atoms. The van der Waals surface area contributed by atoms with Crippen LogP contribution in [-0.2, 0) is 10.0 Å². The molecule has 6 nitrogen and oxygen atoms in total. The van der Waals surface area contributed by atoms with E-state index in [0.717, 1.165) is 17.1 Å². The molecule has 1 aliphatic rings. The second kappa shape index (κ2) is 6.14. The van der Waals surface area contributed by atoms with Crippen LogP contribution in [0.15, 0.2) is 33.7 Å². The van der Waals surface area contributed by atoms with Gasteiger partial charge in [0.2, 0.25) is 10.0 Å². The Hall–Kier alpha value is -1.57. The molecule has 3 rings (SSSR count). The van der Waals surface area contributed by atoms with E-state index in [0.29, 0.717) is 31.2 Å². The normalized spacial score (nSPS) is 16.7. The highest BCUT2D eigenvalue weighted by Gasteiger charge is 2.29. The molecule has 2 heterocycles. The third-order valence-electron chi connectivity index (χ3n) is 3.96. The third-order valence-corrected chi connectivity index (χ3v) is 6.26. The molecule has 0 spiro atoms. The van der Waals surface area contributed by atoms with Crippen molar-refractivity contribution < 1.29 is 12.9 Å². The van der Waals surface area contributed by atoms with Gasteiger partial charge in [-0.1, -0.05) is 22.8 Å². The number of aryl methyl sites for hydroxylation is 2. The molecule has 8 heteroatoms. The third kappa shape index (κ3) is 3.22. The van der Waals surface area contributed by atoms with Crippen LogP contribution < -0.4 is 4.90 Å². The van der Waals surface area contributed by atoms with Crippen LogP contribution in [0.2, 0.25) is 5.02 Å². The van der Waals surface area contributed by atoms with Crippen LogP contribution in [0.5, 0.6) is 0 Å². The summed E-state index contributed by atoms with van der Waals surface area (Å²) in [5.41, 5.74) is 0.858. The molecule has 2 aromatic rings. The number of halogens is 1. The van der Waals surface area contributed by atoms with E-state index in [-0.39, 0.29) is 4.90 Å². The van der Waals surface area contributed by atoms with Gasteiger partial charge >= 0.3 is 0 Å². The van der Waals surface area contributed by atoms with E-state index in [1.54, 1.807) is 12.1 Å². The molecule has 0 N–H and O–H groups in total. The van der Waals surface area contributed by atoms with E-state index in [9.17, 15) is 8.42 Å². The second-order valence-corrected chi connectivity index (χ2v) is 7.94.